The van der Waals surface area contributed by atoms with Gasteiger partial charge in [-0.2, -0.15) is 0 Å². The van der Waals surface area contributed by atoms with Gasteiger partial charge in [0, 0.05) is 29.2 Å². The number of hydrogen-bond donors (Lipinski definition) is 1. The van der Waals surface area contributed by atoms with E-state index in [4.69, 9.17) is 10.5 Å². The maximum Gasteiger partial charge on any atom is 0.410 e. The first-order valence-electron chi connectivity index (χ1n) is 6.29. The van der Waals surface area contributed by atoms with Gasteiger partial charge < -0.3 is 15.4 Å². The fourth-order valence-corrected chi connectivity index (χ4v) is 2.45. The van der Waals surface area contributed by atoms with E-state index in [1.54, 1.807) is 4.90 Å². The van der Waals surface area contributed by atoms with Crippen molar-refractivity contribution in [3.8, 4) is 0 Å². The third kappa shape index (κ3) is 3.41. The van der Waals surface area contributed by atoms with Gasteiger partial charge in [-0.25, -0.2) is 4.79 Å². The lowest BCUT2D eigenvalue weighted by Gasteiger charge is -2.40. The van der Waals surface area contributed by atoms with Crippen LogP contribution in [-0.2, 0) is 4.74 Å². The molecule has 4 nitrogen and oxygen atoms in total. The normalized spacial score (nSPS) is 16.1. The Bertz CT molecular complexity index is 491. The van der Waals surface area contributed by atoms with E-state index in [9.17, 15) is 4.79 Å². The zero-order valence-corrected chi connectivity index (χ0v) is 13.0. The van der Waals surface area contributed by atoms with Crippen LogP contribution in [0.3, 0.4) is 0 Å². The standard InChI is InChI=1S/C14H19BrN2O2/c1-14(2,3)19-13(18)17-7-9(8-17)11-5-4-10(15)6-12(11)16/h4-6,9H,7-8,16H2,1-3H3. The summed E-state index contributed by atoms with van der Waals surface area (Å²) in [7, 11) is 0. The van der Waals surface area contributed by atoms with E-state index in [0.29, 0.717) is 19.0 Å². The summed E-state index contributed by atoms with van der Waals surface area (Å²) in [5.74, 6) is 0.306. The summed E-state index contributed by atoms with van der Waals surface area (Å²) in [6.07, 6.45) is -0.251. The van der Waals surface area contributed by atoms with Crippen molar-refractivity contribution in [1.29, 1.82) is 0 Å². The molecule has 0 aromatic heterocycles. The predicted octanol–water partition coefficient (Wildman–Crippen LogP) is 3.37. The molecule has 19 heavy (non-hydrogen) atoms. The van der Waals surface area contributed by atoms with Gasteiger partial charge in [-0.15, -0.1) is 0 Å². The van der Waals surface area contributed by atoms with Crippen molar-refractivity contribution in [2.45, 2.75) is 32.3 Å². The second kappa shape index (κ2) is 5.04. The lowest BCUT2D eigenvalue weighted by atomic mass is 9.91. The minimum Gasteiger partial charge on any atom is -0.444 e. The van der Waals surface area contributed by atoms with Crippen LogP contribution >= 0.6 is 15.9 Å². The smallest absolute Gasteiger partial charge is 0.410 e. The summed E-state index contributed by atoms with van der Waals surface area (Å²) >= 11 is 3.39. The third-order valence-corrected chi connectivity index (χ3v) is 3.52. The fourth-order valence-electron chi connectivity index (χ4n) is 2.07. The summed E-state index contributed by atoms with van der Waals surface area (Å²) < 4.78 is 6.29. The number of amides is 1. The Morgan fingerprint density at radius 2 is 2.05 bits per heavy atom. The van der Waals surface area contributed by atoms with Gasteiger partial charge in [-0.3, -0.25) is 0 Å². The first-order valence-corrected chi connectivity index (χ1v) is 7.08. The van der Waals surface area contributed by atoms with Crippen LogP contribution in [0.15, 0.2) is 22.7 Å². The number of ether oxygens (including phenoxy) is 1. The van der Waals surface area contributed by atoms with Crippen LogP contribution in [-0.4, -0.2) is 29.7 Å². The van der Waals surface area contributed by atoms with Gasteiger partial charge in [0.1, 0.15) is 5.60 Å². The molecule has 0 saturated carbocycles. The number of nitrogens with zero attached hydrogens (tertiary/aromatic N) is 1. The summed E-state index contributed by atoms with van der Waals surface area (Å²) in [4.78, 5) is 13.5. The molecule has 0 atom stereocenters. The quantitative estimate of drug-likeness (QED) is 0.805. The van der Waals surface area contributed by atoms with Crippen molar-refractivity contribution < 1.29 is 9.53 Å². The number of anilines is 1. The van der Waals surface area contributed by atoms with Crippen LogP contribution in [0.25, 0.3) is 0 Å². The Kier molecular flexibility index (Phi) is 3.76. The van der Waals surface area contributed by atoms with E-state index >= 15 is 0 Å². The highest BCUT2D eigenvalue weighted by Gasteiger charge is 2.35. The van der Waals surface area contributed by atoms with Crippen molar-refractivity contribution in [2.75, 3.05) is 18.8 Å². The van der Waals surface area contributed by atoms with Gasteiger partial charge in [0.15, 0.2) is 0 Å². The number of hydrogen-bond acceptors (Lipinski definition) is 3. The topological polar surface area (TPSA) is 55.6 Å². The Morgan fingerprint density at radius 1 is 1.42 bits per heavy atom. The highest BCUT2D eigenvalue weighted by molar-refractivity contribution is 9.10. The predicted molar refractivity (Wildman–Crippen MR) is 79.1 cm³/mol. The van der Waals surface area contributed by atoms with Crippen LogP contribution in [0, 0.1) is 0 Å². The second-order valence-corrected chi connectivity index (χ2v) is 6.77. The van der Waals surface area contributed by atoms with Gasteiger partial charge in [0.05, 0.1) is 0 Å². The largest absolute Gasteiger partial charge is 0.444 e. The molecule has 1 fully saturated rings. The van der Waals surface area contributed by atoms with Gasteiger partial charge in [0.2, 0.25) is 0 Å². The molecule has 104 valence electrons. The maximum atomic E-state index is 11.8. The summed E-state index contributed by atoms with van der Waals surface area (Å²) in [6, 6.07) is 5.88. The van der Waals surface area contributed by atoms with Crippen molar-refractivity contribution in [2.24, 2.45) is 0 Å². The maximum absolute atomic E-state index is 11.8. The van der Waals surface area contributed by atoms with Crippen LogP contribution in [0.1, 0.15) is 32.3 Å². The average Bonchev–Trinajstić information content (AvgIpc) is 2.16. The molecule has 1 aliphatic rings. The third-order valence-electron chi connectivity index (χ3n) is 3.02. The van der Waals surface area contributed by atoms with Crippen LogP contribution < -0.4 is 5.73 Å². The van der Waals surface area contributed by atoms with E-state index in [-0.39, 0.29) is 6.09 Å². The summed E-state index contributed by atoms with van der Waals surface area (Å²) in [5.41, 5.74) is 7.41. The molecule has 1 saturated heterocycles. The lowest BCUT2D eigenvalue weighted by molar-refractivity contribution is 0.00824. The van der Waals surface area contributed by atoms with Crippen LogP contribution in [0.5, 0.6) is 0 Å². The number of nitrogen functional groups attached to an aromatic ring is 1. The first-order chi connectivity index (χ1) is 8.76. The molecular formula is C14H19BrN2O2. The number of carbonyl (C=O) groups excluding carboxylic acids is 1. The van der Waals surface area contributed by atoms with Gasteiger partial charge in [-0.1, -0.05) is 22.0 Å². The first kappa shape index (κ1) is 14.2. The van der Waals surface area contributed by atoms with E-state index in [1.807, 2.05) is 39.0 Å². The summed E-state index contributed by atoms with van der Waals surface area (Å²) in [6.45, 7) is 6.94. The molecule has 0 spiro atoms. The molecule has 1 aromatic carbocycles. The molecule has 0 unspecified atom stereocenters. The Balaban J connectivity index is 1.94. The minimum absolute atomic E-state index is 0.251. The zero-order valence-electron chi connectivity index (χ0n) is 11.4. The van der Waals surface area contributed by atoms with Crippen molar-refractivity contribution in [3.05, 3.63) is 28.2 Å². The Morgan fingerprint density at radius 3 is 2.58 bits per heavy atom. The van der Waals surface area contributed by atoms with Crippen molar-refractivity contribution in [1.82, 2.24) is 4.90 Å². The highest BCUT2D eigenvalue weighted by atomic mass is 79.9. The van der Waals surface area contributed by atoms with E-state index in [1.165, 1.54) is 0 Å². The van der Waals surface area contributed by atoms with E-state index < -0.39 is 5.60 Å². The minimum atomic E-state index is -0.446. The number of halogens is 1. The monoisotopic (exact) mass is 326 g/mol. The molecule has 1 heterocycles. The molecule has 0 aliphatic carbocycles. The van der Waals surface area contributed by atoms with Crippen LogP contribution in [0.4, 0.5) is 10.5 Å². The fraction of sp³-hybridized carbons (Fsp3) is 0.500. The average molecular weight is 327 g/mol. The van der Waals surface area contributed by atoms with E-state index in [2.05, 4.69) is 15.9 Å². The number of likely N-dealkylation sites (tertiary alicyclic amines) is 1. The number of benzene rings is 1. The molecule has 2 rings (SSSR count). The van der Waals surface area contributed by atoms with Crippen LogP contribution in [0.2, 0.25) is 0 Å². The van der Waals surface area contributed by atoms with Gasteiger partial charge in [0.25, 0.3) is 0 Å². The molecular weight excluding hydrogens is 308 g/mol. The molecule has 1 aromatic rings. The lowest BCUT2D eigenvalue weighted by Crippen LogP contribution is -2.50. The number of nitrogens with two attached hydrogens (primary N) is 1. The molecule has 2 N–H and O–H groups in total. The van der Waals surface area contributed by atoms with E-state index in [0.717, 1.165) is 15.7 Å². The van der Waals surface area contributed by atoms with Crippen molar-refractivity contribution >= 4 is 27.7 Å². The van der Waals surface area contributed by atoms with Gasteiger partial charge in [-0.05, 0) is 38.5 Å². The summed E-state index contributed by atoms with van der Waals surface area (Å²) in [5, 5.41) is 0. The second-order valence-electron chi connectivity index (χ2n) is 5.86. The number of carbonyl (C=O) groups is 1. The molecule has 0 bridgehead atoms. The molecule has 0 radical (unpaired) electrons. The SMILES string of the molecule is CC(C)(C)OC(=O)N1CC(c2ccc(Br)cc2N)C1. The van der Waals surface area contributed by atoms with Crippen molar-refractivity contribution in [3.63, 3.8) is 0 Å². The molecule has 1 amide bonds. The Labute approximate surface area is 122 Å². The number of rotatable bonds is 1. The Hall–Kier alpha value is -1.23. The molecule has 5 heteroatoms. The zero-order chi connectivity index (χ0) is 14.2. The highest BCUT2D eigenvalue weighted by Crippen LogP contribution is 2.33. The van der Waals surface area contributed by atoms with Gasteiger partial charge >= 0.3 is 6.09 Å². The molecule has 1 aliphatic heterocycles.